The normalized spacial score (nSPS) is 16.5. The van der Waals surface area contributed by atoms with Gasteiger partial charge in [-0.25, -0.2) is 8.42 Å². The van der Waals surface area contributed by atoms with Gasteiger partial charge in [0, 0.05) is 18.1 Å². The Bertz CT molecular complexity index is 941. The molecule has 1 N–H and O–H groups in total. The second-order valence-electron chi connectivity index (χ2n) is 6.27. The Morgan fingerprint density at radius 3 is 2.26 bits per heavy atom. The molecule has 6 nitrogen and oxygen atoms in total. The Hall–Kier alpha value is -1.48. The highest BCUT2D eigenvalue weighted by Gasteiger charge is 2.24. The van der Waals surface area contributed by atoms with Crippen LogP contribution in [0.15, 0.2) is 56.0 Å². The van der Waals surface area contributed by atoms with Gasteiger partial charge in [0.1, 0.15) is 5.69 Å². The molecule has 0 aliphatic carbocycles. The first kappa shape index (κ1) is 20.3. The number of nitrogens with zero attached hydrogens (tertiary/aromatic N) is 3. The zero-order valence-electron chi connectivity index (χ0n) is 14.5. The Kier molecular flexibility index (Phi) is 6.52. The first-order chi connectivity index (χ1) is 12.9. The van der Waals surface area contributed by atoms with Crippen LogP contribution in [-0.2, 0) is 10.0 Å². The highest BCUT2D eigenvalue weighted by molar-refractivity contribution is 9.10. The minimum atomic E-state index is -3.49. The van der Waals surface area contributed by atoms with Crippen LogP contribution in [-0.4, -0.2) is 30.9 Å². The van der Waals surface area contributed by atoms with Crippen LogP contribution in [0.25, 0.3) is 0 Å². The van der Waals surface area contributed by atoms with Crippen molar-refractivity contribution >= 4 is 48.9 Å². The maximum absolute atomic E-state index is 12.8. The Balaban J connectivity index is 1.79. The Labute approximate surface area is 172 Å². The standard InChI is InChI=1S/C18H19BrClN3O3S/c19-16-11-13(20)12-17(18(16)24)22-21-14-5-7-15(8-6-14)27(25,26)23-9-3-1-2-4-10-23/h5-8,11-12,24H,1-4,9-10H2. The summed E-state index contributed by atoms with van der Waals surface area (Å²) in [6, 6.07) is 9.28. The van der Waals surface area contributed by atoms with E-state index < -0.39 is 10.0 Å². The summed E-state index contributed by atoms with van der Waals surface area (Å²) < 4.78 is 27.5. The van der Waals surface area contributed by atoms with E-state index in [-0.39, 0.29) is 16.3 Å². The number of sulfonamides is 1. The zero-order chi connectivity index (χ0) is 19.4. The smallest absolute Gasteiger partial charge is 0.243 e. The number of aromatic hydroxyl groups is 1. The summed E-state index contributed by atoms with van der Waals surface area (Å²) in [4.78, 5) is 0.247. The van der Waals surface area contributed by atoms with Gasteiger partial charge in [-0.2, -0.15) is 9.42 Å². The number of halogens is 2. The second kappa shape index (κ2) is 8.68. The predicted octanol–water partition coefficient (Wildman–Crippen LogP) is 5.79. The van der Waals surface area contributed by atoms with Gasteiger partial charge >= 0.3 is 0 Å². The summed E-state index contributed by atoms with van der Waals surface area (Å²) in [5, 5.41) is 18.4. The minimum absolute atomic E-state index is 0.0662. The molecule has 2 aromatic rings. The third kappa shape index (κ3) is 4.87. The van der Waals surface area contributed by atoms with Gasteiger partial charge < -0.3 is 5.11 Å². The molecule has 0 radical (unpaired) electrons. The van der Waals surface area contributed by atoms with Crippen LogP contribution in [0, 0.1) is 0 Å². The largest absolute Gasteiger partial charge is 0.505 e. The second-order valence-corrected chi connectivity index (χ2v) is 9.50. The zero-order valence-corrected chi connectivity index (χ0v) is 17.6. The van der Waals surface area contributed by atoms with Crippen molar-refractivity contribution in [3.8, 4) is 5.75 Å². The molecule has 1 aliphatic rings. The summed E-state index contributed by atoms with van der Waals surface area (Å²) in [6.07, 6.45) is 3.92. The van der Waals surface area contributed by atoms with Crippen LogP contribution in [0.4, 0.5) is 11.4 Å². The number of phenolic OH excluding ortho intramolecular Hbond substituents is 1. The van der Waals surface area contributed by atoms with Crippen LogP contribution in [0.3, 0.4) is 0 Å². The van der Waals surface area contributed by atoms with E-state index in [0.717, 1.165) is 25.7 Å². The monoisotopic (exact) mass is 471 g/mol. The molecule has 9 heteroatoms. The summed E-state index contributed by atoms with van der Waals surface area (Å²) in [6.45, 7) is 1.12. The molecule has 0 unspecified atom stereocenters. The fourth-order valence-corrected chi connectivity index (χ4v) is 5.17. The van der Waals surface area contributed by atoms with Crippen molar-refractivity contribution in [1.82, 2.24) is 4.31 Å². The van der Waals surface area contributed by atoms with Crippen molar-refractivity contribution in [1.29, 1.82) is 0 Å². The van der Waals surface area contributed by atoms with Crippen molar-refractivity contribution in [3.05, 3.63) is 45.9 Å². The lowest BCUT2D eigenvalue weighted by Gasteiger charge is -2.19. The van der Waals surface area contributed by atoms with Gasteiger partial charge in [0.25, 0.3) is 0 Å². The lowest BCUT2D eigenvalue weighted by Crippen LogP contribution is -2.31. The van der Waals surface area contributed by atoms with Crippen molar-refractivity contribution in [2.24, 2.45) is 10.2 Å². The maximum atomic E-state index is 12.8. The van der Waals surface area contributed by atoms with Crippen LogP contribution in [0.1, 0.15) is 25.7 Å². The maximum Gasteiger partial charge on any atom is 0.243 e. The van der Waals surface area contributed by atoms with Crippen molar-refractivity contribution in [2.45, 2.75) is 30.6 Å². The molecule has 0 bridgehead atoms. The average molecular weight is 473 g/mol. The molecule has 0 saturated carbocycles. The van der Waals surface area contributed by atoms with Gasteiger partial charge in [0.05, 0.1) is 15.1 Å². The van der Waals surface area contributed by atoms with E-state index in [4.69, 9.17) is 11.6 Å². The van der Waals surface area contributed by atoms with E-state index in [2.05, 4.69) is 26.2 Å². The van der Waals surface area contributed by atoms with E-state index in [1.54, 1.807) is 22.5 Å². The van der Waals surface area contributed by atoms with Crippen LogP contribution in [0.2, 0.25) is 5.02 Å². The van der Waals surface area contributed by atoms with Crippen LogP contribution >= 0.6 is 27.5 Å². The first-order valence-corrected chi connectivity index (χ1v) is 11.2. The number of rotatable bonds is 4. The number of hydrogen-bond donors (Lipinski definition) is 1. The molecule has 144 valence electrons. The van der Waals surface area contributed by atoms with Crippen molar-refractivity contribution < 1.29 is 13.5 Å². The third-order valence-electron chi connectivity index (χ3n) is 4.32. The molecule has 3 rings (SSSR count). The molecule has 0 amide bonds. The molecule has 0 atom stereocenters. The van der Waals surface area contributed by atoms with Gasteiger partial charge in [0.2, 0.25) is 10.0 Å². The van der Waals surface area contributed by atoms with E-state index in [1.165, 1.54) is 18.2 Å². The molecule has 2 aromatic carbocycles. The van der Waals surface area contributed by atoms with Gasteiger partial charge in [0.15, 0.2) is 5.75 Å². The Morgan fingerprint density at radius 1 is 1.00 bits per heavy atom. The van der Waals surface area contributed by atoms with Gasteiger partial charge in [-0.3, -0.25) is 0 Å². The number of benzene rings is 2. The molecular formula is C18H19BrClN3O3S. The van der Waals surface area contributed by atoms with Gasteiger partial charge in [-0.05, 0) is 65.2 Å². The van der Waals surface area contributed by atoms with E-state index in [1.807, 2.05) is 0 Å². The highest BCUT2D eigenvalue weighted by atomic mass is 79.9. The average Bonchev–Trinajstić information content (AvgIpc) is 2.94. The van der Waals surface area contributed by atoms with Crippen molar-refractivity contribution in [2.75, 3.05) is 13.1 Å². The lowest BCUT2D eigenvalue weighted by atomic mass is 10.2. The number of hydrogen-bond acceptors (Lipinski definition) is 5. The summed E-state index contributed by atoms with van der Waals surface area (Å²) in [5.41, 5.74) is 0.691. The lowest BCUT2D eigenvalue weighted by molar-refractivity contribution is 0.424. The highest BCUT2D eigenvalue weighted by Crippen LogP contribution is 2.38. The molecule has 1 saturated heterocycles. The Morgan fingerprint density at radius 2 is 1.63 bits per heavy atom. The molecule has 1 fully saturated rings. The molecular weight excluding hydrogens is 454 g/mol. The molecule has 1 heterocycles. The molecule has 0 spiro atoms. The summed E-state index contributed by atoms with van der Waals surface area (Å²) >= 11 is 9.14. The fourth-order valence-electron chi connectivity index (χ4n) is 2.86. The third-order valence-corrected chi connectivity index (χ3v) is 7.06. The first-order valence-electron chi connectivity index (χ1n) is 8.58. The van der Waals surface area contributed by atoms with Gasteiger partial charge in [-0.1, -0.05) is 24.4 Å². The predicted molar refractivity (Wildman–Crippen MR) is 109 cm³/mol. The van der Waals surface area contributed by atoms with Crippen LogP contribution < -0.4 is 0 Å². The quantitative estimate of drug-likeness (QED) is 0.572. The fraction of sp³-hybridized carbons (Fsp3) is 0.333. The minimum Gasteiger partial charge on any atom is -0.505 e. The molecule has 27 heavy (non-hydrogen) atoms. The SMILES string of the molecule is O=S(=O)(c1ccc(N=Nc2cc(Cl)cc(Br)c2O)cc1)N1CCCCCC1. The number of azo groups is 1. The van der Waals surface area contributed by atoms with Gasteiger partial charge in [-0.15, -0.1) is 5.11 Å². The van der Waals surface area contributed by atoms with Crippen LogP contribution in [0.5, 0.6) is 5.75 Å². The molecule has 0 aromatic heterocycles. The molecule has 1 aliphatic heterocycles. The topological polar surface area (TPSA) is 82.3 Å². The number of phenols is 1. The van der Waals surface area contributed by atoms with E-state index in [9.17, 15) is 13.5 Å². The summed E-state index contributed by atoms with van der Waals surface area (Å²) in [5.74, 6) is -0.0662. The summed E-state index contributed by atoms with van der Waals surface area (Å²) in [7, 11) is -3.49. The van der Waals surface area contributed by atoms with E-state index >= 15 is 0 Å². The van der Waals surface area contributed by atoms with Crippen molar-refractivity contribution in [3.63, 3.8) is 0 Å². The van der Waals surface area contributed by atoms with E-state index in [0.29, 0.717) is 28.3 Å².